The quantitative estimate of drug-likeness (QED) is 0.469. The first-order chi connectivity index (χ1) is 14.3. The molecule has 31 heavy (non-hydrogen) atoms. The molecule has 3 heterocycles. The van der Waals surface area contributed by atoms with Crippen LogP contribution in [0.4, 0.5) is 9.59 Å². The molecule has 176 valence electrons. The third-order valence-corrected chi connectivity index (χ3v) is 5.85. The van der Waals surface area contributed by atoms with Crippen LogP contribution in [0.1, 0.15) is 46.5 Å². The van der Waals surface area contributed by atoms with Crippen LogP contribution in [-0.4, -0.2) is 89.9 Å². The maximum absolute atomic E-state index is 12.6. The Morgan fingerprint density at radius 3 is 2.35 bits per heavy atom. The van der Waals surface area contributed by atoms with E-state index in [1.54, 1.807) is 4.90 Å². The summed E-state index contributed by atoms with van der Waals surface area (Å²) >= 11 is 0. The SMILES string of the molecule is CC(C)(C)OC(=O)N1CCC(COC(=O)[C@@H]2CC[C@@H]3CN2C(=O)N3OS(=O)(=O)O)CC1. The molecule has 1 N–H and O–H groups in total. The predicted molar refractivity (Wildman–Crippen MR) is 105 cm³/mol. The van der Waals surface area contributed by atoms with E-state index in [1.807, 2.05) is 20.8 Å². The number of esters is 1. The lowest BCUT2D eigenvalue weighted by Crippen LogP contribution is -2.46. The lowest BCUT2D eigenvalue weighted by atomic mass is 9.98. The van der Waals surface area contributed by atoms with E-state index in [0.29, 0.717) is 43.8 Å². The summed E-state index contributed by atoms with van der Waals surface area (Å²) in [6.45, 7) is 6.73. The van der Waals surface area contributed by atoms with Gasteiger partial charge >= 0.3 is 28.5 Å². The van der Waals surface area contributed by atoms with Gasteiger partial charge in [-0.15, -0.1) is 4.28 Å². The standard InChI is InChI=1S/C18H29N3O9S/c1-18(2,3)29-17(24)19-8-6-12(7-9-19)11-28-15(22)14-5-4-13-10-20(14)16(23)21(13)30-31(25,26)27/h12-14H,4-11H2,1-3H3,(H,25,26,27)/t13-,14+/m1/s1. The fraction of sp³-hybridized carbons (Fsp3) is 0.833. The highest BCUT2D eigenvalue weighted by Crippen LogP contribution is 2.31. The van der Waals surface area contributed by atoms with E-state index in [0.717, 1.165) is 0 Å². The molecule has 2 atom stereocenters. The molecule has 3 fully saturated rings. The fourth-order valence-corrected chi connectivity index (χ4v) is 4.37. The number of urea groups is 1. The Morgan fingerprint density at radius 2 is 1.77 bits per heavy atom. The van der Waals surface area contributed by atoms with Gasteiger partial charge in [0.1, 0.15) is 11.6 Å². The zero-order chi connectivity index (χ0) is 23.0. The zero-order valence-corrected chi connectivity index (χ0v) is 18.7. The van der Waals surface area contributed by atoms with Gasteiger partial charge in [0.15, 0.2) is 0 Å². The number of hydroxylamine groups is 2. The third kappa shape index (κ3) is 5.98. The molecule has 0 saturated carbocycles. The van der Waals surface area contributed by atoms with Crippen LogP contribution < -0.4 is 0 Å². The van der Waals surface area contributed by atoms with Crippen LogP contribution in [0.15, 0.2) is 0 Å². The van der Waals surface area contributed by atoms with Crippen LogP contribution in [0.5, 0.6) is 0 Å². The van der Waals surface area contributed by atoms with Gasteiger partial charge in [0, 0.05) is 19.6 Å². The van der Waals surface area contributed by atoms with Gasteiger partial charge in [0.2, 0.25) is 0 Å². The van der Waals surface area contributed by atoms with Gasteiger partial charge < -0.3 is 19.3 Å². The van der Waals surface area contributed by atoms with E-state index in [2.05, 4.69) is 4.28 Å². The normalized spacial score (nSPS) is 25.0. The summed E-state index contributed by atoms with van der Waals surface area (Å²) in [5.41, 5.74) is -0.558. The second-order valence-electron chi connectivity index (χ2n) is 9.05. The molecule has 0 unspecified atom stereocenters. The number of carbonyl (C=O) groups is 3. The summed E-state index contributed by atoms with van der Waals surface area (Å²) in [6, 6.07) is -2.19. The van der Waals surface area contributed by atoms with Crippen molar-refractivity contribution in [3.05, 3.63) is 0 Å². The Hall–Kier alpha value is -2.12. The summed E-state index contributed by atoms with van der Waals surface area (Å²) in [5.74, 6) is -0.470. The number of piperidine rings is 2. The van der Waals surface area contributed by atoms with Crippen LogP contribution in [0.3, 0.4) is 0 Å². The van der Waals surface area contributed by atoms with Gasteiger partial charge in [-0.2, -0.15) is 13.5 Å². The molecule has 3 saturated heterocycles. The summed E-state index contributed by atoms with van der Waals surface area (Å²) < 4.78 is 45.9. The van der Waals surface area contributed by atoms with Gasteiger partial charge in [-0.05, 0) is 52.4 Å². The average molecular weight is 464 g/mol. The molecule has 3 aliphatic heterocycles. The minimum atomic E-state index is -4.84. The van der Waals surface area contributed by atoms with Crippen molar-refractivity contribution < 1.29 is 41.1 Å². The molecule has 0 aromatic rings. The smallest absolute Gasteiger partial charge is 0.418 e. The highest BCUT2D eigenvalue weighted by Gasteiger charge is 2.50. The number of hydrogen-bond donors (Lipinski definition) is 1. The Bertz CT molecular complexity index is 818. The van der Waals surface area contributed by atoms with E-state index < -0.39 is 40.1 Å². The molecule has 0 aromatic carbocycles. The van der Waals surface area contributed by atoms with Gasteiger partial charge in [0.05, 0.1) is 12.6 Å². The van der Waals surface area contributed by atoms with Crippen molar-refractivity contribution in [3.8, 4) is 0 Å². The molecule has 3 rings (SSSR count). The van der Waals surface area contributed by atoms with Gasteiger partial charge in [0.25, 0.3) is 0 Å². The lowest BCUT2D eigenvalue weighted by molar-refractivity contribution is -0.151. The van der Waals surface area contributed by atoms with Gasteiger partial charge in [-0.25, -0.2) is 14.4 Å². The van der Waals surface area contributed by atoms with Crippen molar-refractivity contribution in [2.24, 2.45) is 5.92 Å². The molecule has 12 nitrogen and oxygen atoms in total. The Labute approximate surface area is 181 Å². The second kappa shape index (κ2) is 8.79. The van der Waals surface area contributed by atoms with E-state index in [9.17, 15) is 22.8 Å². The fourth-order valence-electron chi connectivity index (χ4n) is 3.98. The van der Waals surface area contributed by atoms with E-state index in [1.165, 1.54) is 4.90 Å². The first-order valence-electron chi connectivity index (χ1n) is 10.3. The predicted octanol–water partition coefficient (Wildman–Crippen LogP) is 1.18. The van der Waals surface area contributed by atoms with Crippen LogP contribution in [-0.2, 0) is 29.0 Å². The molecule has 0 radical (unpaired) electrons. The van der Waals surface area contributed by atoms with Crippen molar-refractivity contribution in [1.82, 2.24) is 14.9 Å². The minimum absolute atomic E-state index is 0.0904. The summed E-state index contributed by atoms with van der Waals surface area (Å²) in [6.07, 6.45) is 1.61. The number of nitrogens with zero attached hydrogens (tertiary/aromatic N) is 3. The highest BCUT2D eigenvalue weighted by atomic mass is 32.3. The number of amides is 3. The lowest BCUT2D eigenvalue weighted by Gasteiger charge is -2.34. The van der Waals surface area contributed by atoms with Gasteiger partial charge in [-0.3, -0.25) is 4.55 Å². The molecule has 3 aliphatic rings. The molecule has 0 spiro atoms. The minimum Gasteiger partial charge on any atom is -0.464 e. The summed E-state index contributed by atoms with van der Waals surface area (Å²) in [7, 11) is -4.84. The number of rotatable bonds is 5. The Balaban J connectivity index is 1.46. The number of ether oxygens (including phenoxy) is 2. The highest BCUT2D eigenvalue weighted by molar-refractivity contribution is 7.80. The molecule has 2 bridgehead atoms. The second-order valence-corrected chi connectivity index (χ2v) is 10.1. The van der Waals surface area contributed by atoms with Crippen molar-refractivity contribution in [2.75, 3.05) is 26.2 Å². The number of hydrogen-bond acceptors (Lipinski definition) is 8. The summed E-state index contributed by atoms with van der Waals surface area (Å²) in [5, 5.41) is 0.592. The van der Waals surface area contributed by atoms with Crippen molar-refractivity contribution in [3.63, 3.8) is 0 Å². The first kappa shape index (κ1) is 23.5. The zero-order valence-electron chi connectivity index (χ0n) is 17.9. The van der Waals surface area contributed by atoms with Crippen LogP contribution in [0, 0.1) is 5.92 Å². The van der Waals surface area contributed by atoms with Gasteiger partial charge in [-0.1, -0.05) is 0 Å². The molecule has 3 amide bonds. The molecular formula is C18H29N3O9S. The number of likely N-dealkylation sites (tertiary alicyclic amines) is 1. The number of carbonyl (C=O) groups excluding carboxylic acids is 3. The summed E-state index contributed by atoms with van der Waals surface area (Å²) in [4.78, 5) is 39.9. The van der Waals surface area contributed by atoms with Crippen molar-refractivity contribution in [1.29, 1.82) is 0 Å². The topological polar surface area (TPSA) is 143 Å². The number of fused-ring (bicyclic) bond motifs is 2. The van der Waals surface area contributed by atoms with Crippen LogP contribution >= 0.6 is 0 Å². The van der Waals surface area contributed by atoms with Crippen LogP contribution in [0.25, 0.3) is 0 Å². The maximum atomic E-state index is 12.6. The van der Waals surface area contributed by atoms with Crippen molar-refractivity contribution >= 4 is 28.5 Å². The van der Waals surface area contributed by atoms with Crippen LogP contribution in [0.2, 0.25) is 0 Å². The Kier molecular flexibility index (Phi) is 6.67. The Morgan fingerprint density at radius 1 is 1.13 bits per heavy atom. The molecule has 13 heteroatoms. The molecular weight excluding hydrogens is 434 g/mol. The largest absolute Gasteiger partial charge is 0.464 e. The third-order valence-electron chi connectivity index (χ3n) is 5.50. The monoisotopic (exact) mass is 463 g/mol. The van der Waals surface area contributed by atoms with E-state index >= 15 is 0 Å². The van der Waals surface area contributed by atoms with Crippen molar-refractivity contribution in [2.45, 2.75) is 64.1 Å². The van der Waals surface area contributed by atoms with E-state index in [4.69, 9.17) is 14.0 Å². The van der Waals surface area contributed by atoms with E-state index in [-0.39, 0.29) is 25.2 Å². The average Bonchev–Trinajstić information content (AvgIpc) is 2.89. The maximum Gasteiger partial charge on any atom is 0.418 e. The molecule has 0 aromatic heterocycles. The first-order valence-corrected chi connectivity index (χ1v) is 11.6. The molecule has 0 aliphatic carbocycles.